The van der Waals surface area contributed by atoms with Crippen molar-refractivity contribution in [1.29, 1.82) is 0 Å². The molecule has 4 rings (SSSR count). The van der Waals surface area contributed by atoms with Crippen LogP contribution < -0.4 is 10.6 Å². The number of carbonyl (C=O) groups excluding carboxylic acids is 1. The molecule has 2 N–H and O–H groups in total. The first-order valence-electron chi connectivity index (χ1n) is 9.07. The highest BCUT2D eigenvalue weighted by atomic mass is 32.1. The molecule has 2 aromatic rings. The van der Waals surface area contributed by atoms with Gasteiger partial charge in [0.05, 0.1) is 5.69 Å². The van der Waals surface area contributed by atoms with Gasteiger partial charge in [0.2, 0.25) is 0 Å². The van der Waals surface area contributed by atoms with E-state index in [-0.39, 0.29) is 6.03 Å². The van der Waals surface area contributed by atoms with E-state index in [9.17, 15) is 4.79 Å². The number of rotatable bonds is 4. The number of fused-ring (bicyclic) bond motifs is 1. The maximum absolute atomic E-state index is 12.0. The highest BCUT2D eigenvalue weighted by molar-refractivity contribution is 7.13. The molecule has 1 aliphatic carbocycles. The molecule has 2 amide bonds. The van der Waals surface area contributed by atoms with Crippen LogP contribution in [0.15, 0.2) is 29.6 Å². The summed E-state index contributed by atoms with van der Waals surface area (Å²) < 4.78 is 0. The van der Waals surface area contributed by atoms with Gasteiger partial charge in [0.1, 0.15) is 0 Å². The van der Waals surface area contributed by atoms with Crippen LogP contribution in [0.4, 0.5) is 9.93 Å². The summed E-state index contributed by atoms with van der Waals surface area (Å²) in [6.45, 7) is 2.86. The van der Waals surface area contributed by atoms with Crippen molar-refractivity contribution in [2.24, 2.45) is 0 Å². The van der Waals surface area contributed by atoms with E-state index in [0.717, 1.165) is 44.6 Å². The summed E-state index contributed by atoms with van der Waals surface area (Å²) in [4.78, 5) is 19.0. The number of benzene rings is 1. The highest BCUT2D eigenvalue weighted by Gasteiger charge is 2.19. The number of hydrogen-bond acceptors (Lipinski definition) is 4. The van der Waals surface area contributed by atoms with Gasteiger partial charge in [-0.15, -0.1) is 11.3 Å². The molecule has 1 aromatic heterocycles. The predicted octanol–water partition coefficient (Wildman–Crippen LogP) is 3.77. The summed E-state index contributed by atoms with van der Waals surface area (Å²) in [6.07, 6.45) is 5.70. The van der Waals surface area contributed by atoms with E-state index < -0.39 is 0 Å². The summed E-state index contributed by atoms with van der Waals surface area (Å²) in [6, 6.07) is 8.86. The fourth-order valence-corrected chi connectivity index (χ4v) is 4.44. The Kier molecular flexibility index (Phi) is 4.99. The average molecular weight is 356 g/mol. The molecule has 2 heterocycles. The molecule has 1 fully saturated rings. The topological polar surface area (TPSA) is 57.3 Å². The van der Waals surface area contributed by atoms with Crippen LogP contribution in [0, 0.1) is 0 Å². The predicted molar refractivity (Wildman–Crippen MR) is 101 cm³/mol. The molecule has 0 unspecified atom stereocenters. The standard InChI is InChI=1S/C19H24N4OS/c24-18(20-16-7-3-4-8-16)22-19-21-17(13-25-19)12-23-10-9-14-5-1-2-6-15(14)11-23/h1-2,5-6,13,16H,3-4,7-12H2,(H2,20,21,22,24). The number of hydrogen-bond donors (Lipinski definition) is 2. The van der Waals surface area contributed by atoms with Gasteiger partial charge in [-0.25, -0.2) is 9.78 Å². The van der Waals surface area contributed by atoms with Crippen molar-refractivity contribution in [3.63, 3.8) is 0 Å². The van der Waals surface area contributed by atoms with Crippen LogP contribution in [-0.2, 0) is 19.5 Å². The van der Waals surface area contributed by atoms with Gasteiger partial charge in [-0.3, -0.25) is 10.2 Å². The molecule has 0 bridgehead atoms. The zero-order valence-electron chi connectivity index (χ0n) is 14.3. The first kappa shape index (κ1) is 16.5. The first-order chi connectivity index (χ1) is 12.3. The van der Waals surface area contributed by atoms with Crippen molar-refractivity contribution in [1.82, 2.24) is 15.2 Å². The van der Waals surface area contributed by atoms with Gasteiger partial charge >= 0.3 is 6.03 Å². The number of thiazole rings is 1. The maximum atomic E-state index is 12.0. The van der Waals surface area contributed by atoms with Crippen molar-refractivity contribution in [2.45, 2.75) is 51.2 Å². The molecule has 6 heteroatoms. The average Bonchev–Trinajstić information content (AvgIpc) is 3.27. The van der Waals surface area contributed by atoms with E-state index in [4.69, 9.17) is 0 Å². The van der Waals surface area contributed by atoms with E-state index in [0.29, 0.717) is 11.2 Å². The summed E-state index contributed by atoms with van der Waals surface area (Å²) in [5, 5.41) is 8.65. The van der Waals surface area contributed by atoms with Gasteiger partial charge in [0, 0.05) is 31.1 Å². The van der Waals surface area contributed by atoms with E-state index in [1.165, 1.54) is 35.3 Å². The van der Waals surface area contributed by atoms with Crippen LogP contribution in [-0.4, -0.2) is 28.5 Å². The van der Waals surface area contributed by atoms with E-state index in [1.807, 2.05) is 5.38 Å². The quantitative estimate of drug-likeness (QED) is 0.877. The number of nitrogens with one attached hydrogen (secondary N) is 2. The van der Waals surface area contributed by atoms with Crippen LogP contribution in [0.25, 0.3) is 0 Å². The molecule has 0 radical (unpaired) electrons. The van der Waals surface area contributed by atoms with Gasteiger partial charge in [0.15, 0.2) is 5.13 Å². The largest absolute Gasteiger partial charge is 0.335 e. The molecule has 132 valence electrons. The number of nitrogens with zero attached hydrogens (tertiary/aromatic N) is 2. The molecule has 25 heavy (non-hydrogen) atoms. The lowest BCUT2D eigenvalue weighted by atomic mass is 10.00. The molecule has 2 aliphatic rings. The van der Waals surface area contributed by atoms with Crippen LogP contribution in [0.5, 0.6) is 0 Å². The second-order valence-corrected chi connectivity index (χ2v) is 7.81. The van der Waals surface area contributed by atoms with Gasteiger partial charge in [-0.05, 0) is 30.4 Å². The van der Waals surface area contributed by atoms with E-state index in [1.54, 1.807) is 0 Å². The van der Waals surface area contributed by atoms with Crippen molar-refractivity contribution in [2.75, 3.05) is 11.9 Å². The number of anilines is 1. The normalized spacial score (nSPS) is 18.1. The van der Waals surface area contributed by atoms with Gasteiger partial charge in [-0.1, -0.05) is 37.1 Å². The maximum Gasteiger partial charge on any atom is 0.321 e. The molecule has 1 saturated carbocycles. The van der Waals surface area contributed by atoms with Crippen molar-refractivity contribution < 1.29 is 4.79 Å². The first-order valence-corrected chi connectivity index (χ1v) is 9.95. The lowest BCUT2D eigenvalue weighted by molar-refractivity contribution is 0.243. The van der Waals surface area contributed by atoms with E-state index >= 15 is 0 Å². The molecule has 0 atom stereocenters. The second kappa shape index (κ2) is 7.54. The summed E-state index contributed by atoms with van der Waals surface area (Å²) in [5.74, 6) is 0. The minimum absolute atomic E-state index is 0.125. The summed E-state index contributed by atoms with van der Waals surface area (Å²) in [5.41, 5.74) is 3.90. The van der Waals surface area contributed by atoms with Gasteiger partial charge < -0.3 is 5.32 Å². The smallest absolute Gasteiger partial charge is 0.321 e. The van der Waals surface area contributed by atoms with Crippen molar-refractivity contribution >= 4 is 22.5 Å². The van der Waals surface area contributed by atoms with Crippen molar-refractivity contribution in [3.8, 4) is 0 Å². The summed E-state index contributed by atoms with van der Waals surface area (Å²) in [7, 11) is 0. The molecule has 1 aliphatic heterocycles. The van der Waals surface area contributed by atoms with Crippen molar-refractivity contribution in [3.05, 3.63) is 46.5 Å². The second-order valence-electron chi connectivity index (χ2n) is 6.95. The number of carbonyl (C=O) groups is 1. The minimum atomic E-state index is -0.125. The lowest BCUT2D eigenvalue weighted by Crippen LogP contribution is -2.36. The highest BCUT2D eigenvalue weighted by Crippen LogP contribution is 2.22. The molecular formula is C19H24N4OS. The number of aromatic nitrogens is 1. The van der Waals surface area contributed by atoms with E-state index in [2.05, 4.69) is 44.8 Å². The molecule has 0 spiro atoms. The number of urea groups is 1. The third-order valence-corrected chi connectivity index (χ3v) is 5.86. The Morgan fingerprint density at radius 1 is 1.24 bits per heavy atom. The monoisotopic (exact) mass is 356 g/mol. The fourth-order valence-electron chi connectivity index (χ4n) is 3.74. The zero-order valence-corrected chi connectivity index (χ0v) is 15.1. The SMILES string of the molecule is O=C(Nc1nc(CN2CCc3ccccc3C2)cs1)NC1CCCC1. The third kappa shape index (κ3) is 4.19. The Morgan fingerprint density at radius 2 is 2.04 bits per heavy atom. The summed E-state index contributed by atoms with van der Waals surface area (Å²) >= 11 is 1.50. The molecule has 5 nitrogen and oxygen atoms in total. The Balaban J connectivity index is 1.30. The van der Waals surface area contributed by atoms with Gasteiger partial charge in [0.25, 0.3) is 0 Å². The lowest BCUT2D eigenvalue weighted by Gasteiger charge is -2.27. The van der Waals surface area contributed by atoms with Crippen LogP contribution >= 0.6 is 11.3 Å². The minimum Gasteiger partial charge on any atom is -0.335 e. The van der Waals surface area contributed by atoms with Gasteiger partial charge in [-0.2, -0.15) is 0 Å². The third-order valence-electron chi connectivity index (χ3n) is 5.06. The molecule has 1 aromatic carbocycles. The van der Waals surface area contributed by atoms with Crippen LogP contribution in [0.2, 0.25) is 0 Å². The fraction of sp³-hybridized carbons (Fsp3) is 0.474. The Labute approximate surface area is 152 Å². The Bertz CT molecular complexity index is 739. The number of amides is 2. The molecule has 0 saturated heterocycles. The zero-order chi connectivity index (χ0) is 17.1. The van der Waals surface area contributed by atoms with Crippen LogP contribution in [0.3, 0.4) is 0 Å². The Hall–Kier alpha value is -1.92. The Morgan fingerprint density at radius 3 is 2.88 bits per heavy atom. The molecular weight excluding hydrogens is 332 g/mol. The van der Waals surface area contributed by atoms with Crippen LogP contribution in [0.1, 0.15) is 42.5 Å².